The van der Waals surface area contributed by atoms with Crippen LogP contribution in [-0.2, 0) is 38.0 Å². The van der Waals surface area contributed by atoms with Crippen molar-refractivity contribution in [1.82, 2.24) is 0 Å². The minimum atomic E-state index is -1.54. The molecule has 8 nitrogen and oxygen atoms in total. The molecule has 136 valence electrons. The maximum Gasteiger partial charge on any atom is 0.326 e. The maximum absolute atomic E-state index is 11.9. The van der Waals surface area contributed by atoms with Gasteiger partial charge >= 0.3 is 23.9 Å². The zero-order valence-electron chi connectivity index (χ0n) is 14.8. The molecule has 0 aromatic rings. The first-order chi connectivity index (χ1) is 10.7. The molecule has 0 N–H and O–H groups in total. The third-order valence-corrected chi connectivity index (χ3v) is 2.51. The van der Waals surface area contributed by atoms with Gasteiger partial charge in [-0.2, -0.15) is 0 Å². The third-order valence-electron chi connectivity index (χ3n) is 2.51. The minimum Gasteiger partial charge on any atom is -0.408 e. The molecule has 0 bridgehead atoms. The zero-order chi connectivity index (χ0) is 17.9. The largest absolute Gasteiger partial charge is 0.408 e. The summed E-state index contributed by atoms with van der Waals surface area (Å²) >= 11 is 0. The van der Waals surface area contributed by atoms with E-state index in [1.165, 1.54) is 13.8 Å². The standard InChI is InChI=1S/C15H28O8/c1-7-18-14(5,19-8-2)22-12(16)11-13(17)23-15(6,20-9-3)21-10-4/h7-11H2,1-6H3. The van der Waals surface area contributed by atoms with Crippen LogP contribution >= 0.6 is 0 Å². The Kier molecular flexibility index (Phi) is 9.98. The summed E-state index contributed by atoms with van der Waals surface area (Å²) in [6, 6.07) is 0. The molecular formula is C15H28O8. The molecule has 0 aliphatic carbocycles. The first kappa shape index (κ1) is 21.8. The van der Waals surface area contributed by atoms with E-state index in [1.54, 1.807) is 27.7 Å². The van der Waals surface area contributed by atoms with Gasteiger partial charge in [0, 0.05) is 13.8 Å². The molecule has 0 aromatic carbocycles. The Morgan fingerprint density at radius 1 is 0.652 bits per heavy atom. The second-order valence-corrected chi connectivity index (χ2v) is 4.58. The summed E-state index contributed by atoms with van der Waals surface area (Å²) in [7, 11) is 0. The number of carbonyl (C=O) groups is 2. The van der Waals surface area contributed by atoms with Gasteiger partial charge in [-0.25, -0.2) is 0 Å². The van der Waals surface area contributed by atoms with E-state index < -0.39 is 30.3 Å². The summed E-state index contributed by atoms with van der Waals surface area (Å²) in [5.41, 5.74) is 0. The molecule has 0 unspecified atom stereocenters. The highest BCUT2D eigenvalue weighted by molar-refractivity contribution is 5.91. The summed E-state index contributed by atoms with van der Waals surface area (Å²) in [5, 5.41) is 0. The molecule has 0 heterocycles. The summed E-state index contributed by atoms with van der Waals surface area (Å²) in [6.45, 7) is 10.9. The van der Waals surface area contributed by atoms with Crippen LogP contribution in [0.25, 0.3) is 0 Å². The molecule has 0 radical (unpaired) electrons. The van der Waals surface area contributed by atoms with Crippen molar-refractivity contribution in [2.75, 3.05) is 26.4 Å². The Hall–Kier alpha value is -1.22. The average Bonchev–Trinajstić information content (AvgIpc) is 2.38. The number of carbonyl (C=O) groups excluding carboxylic acids is 2. The van der Waals surface area contributed by atoms with Gasteiger partial charge in [0.15, 0.2) is 0 Å². The van der Waals surface area contributed by atoms with E-state index in [-0.39, 0.29) is 26.4 Å². The van der Waals surface area contributed by atoms with Crippen LogP contribution in [0.4, 0.5) is 0 Å². The highest BCUT2D eigenvalue weighted by atomic mass is 16.9. The van der Waals surface area contributed by atoms with Crippen LogP contribution in [0.5, 0.6) is 0 Å². The fourth-order valence-corrected chi connectivity index (χ4v) is 1.85. The van der Waals surface area contributed by atoms with Gasteiger partial charge in [-0.1, -0.05) is 0 Å². The van der Waals surface area contributed by atoms with Gasteiger partial charge in [-0.15, -0.1) is 0 Å². The van der Waals surface area contributed by atoms with E-state index >= 15 is 0 Å². The minimum absolute atomic E-state index is 0.279. The molecule has 8 heteroatoms. The van der Waals surface area contributed by atoms with E-state index in [0.29, 0.717) is 0 Å². The van der Waals surface area contributed by atoms with Crippen LogP contribution < -0.4 is 0 Å². The monoisotopic (exact) mass is 336 g/mol. The second kappa shape index (κ2) is 10.5. The SMILES string of the molecule is CCOC(C)(OCC)OC(=O)CC(=O)OC(C)(OCC)OCC. The number of ether oxygens (including phenoxy) is 6. The van der Waals surface area contributed by atoms with Gasteiger partial charge in [0.05, 0.1) is 26.4 Å². The molecule has 0 spiro atoms. The Labute approximate surface area is 137 Å². The van der Waals surface area contributed by atoms with E-state index in [2.05, 4.69) is 0 Å². The van der Waals surface area contributed by atoms with Crippen LogP contribution in [0.2, 0.25) is 0 Å². The molecule has 0 fully saturated rings. The number of rotatable bonds is 12. The first-order valence-corrected chi connectivity index (χ1v) is 7.73. The lowest BCUT2D eigenvalue weighted by atomic mass is 10.4. The molecule has 0 saturated heterocycles. The van der Waals surface area contributed by atoms with Gasteiger partial charge in [0.2, 0.25) is 0 Å². The van der Waals surface area contributed by atoms with Gasteiger partial charge < -0.3 is 28.4 Å². The summed E-state index contributed by atoms with van der Waals surface area (Å²) in [5.74, 6) is -4.75. The quantitative estimate of drug-likeness (QED) is 0.303. The van der Waals surface area contributed by atoms with Crippen molar-refractivity contribution in [3.63, 3.8) is 0 Å². The lowest BCUT2D eigenvalue weighted by Gasteiger charge is -2.29. The highest BCUT2D eigenvalue weighted by Gasteiger charge is 2.34. The lowest BCUT2D eigenvalue weighted by Crippen LogP contribution is -2.41. The Bertz CT molecular complexity index is 322. The van der Waals surface area contributed by atoms with Crippen molar-refractivity contribution in [2.24, 2.45) is 0 Å². The third kappa shape index (κ3) is 8.85. The molecule has 0 atom stereocenters. The van der Waals surface area contributed by atoms with Gasteiger partial charge in [0.1, 0.15) is 6.42 Å². The Balaban J connectivity index is 4.61. The normalized spacial score (nSPS) is 12.1. The van der Waals surface area contributed by atoms with Crippen molar-refractivity contribution in [3.8, 4) is 0 Å². The van der Waals surface area contributed by atoms with Gasteiger partial charge in [-0.3, -0.25) is 9.59 Å². The smallest absolute Gasteiger partial charge is 0.326 e. The molecule has 0 rings (SSSR count). The van der Waals surface area contributed by atoms with Gasteiger partial charge in [-0.05, 0) is 27.7 Å². The van der Waals surface area contributed by atoms with Crippen molar-refractivity contribution >= 4 is 11.9 Å². The summed E-state index contributed by atoms with van der Waals surface area (Å²) in [4.78, 5) is 23.7. The van der Waals surface area contributed by atoms with E-state index in [9.17, 15) is 9.59 Å². The molecule has 0 aromatic heterocycles. The second-order valence-electron chi connectivity index (χ2n) is 4.58. The van der Waals surface area contributed by atoms with Crippen molar-refractivity contribution < 1.29 is 38.0 Å². The molecule has 0 aliphatic heterocycles. The number of esters is 2. The van der Waals surface area contributed by atoms with Gasteiger partial charge in [0.25, 0.3) is 0 Å². The Morgan fingerprint density at radius 2 is 0.913 bits per heavy atom. The zero-order valence-corrected chi connectivity index (χ0v) is 14.8. The predicted octanol–water partition coefficient (Wildman–Crippen LogP) is 1.96. The first-order valence-electron chi connectivity index (χ1n) is 7.73. The Morgan fingerprint density at radius 3 is 1.13 bits per heavy atom. The highest BCUT2D eigenvalue weighted by Crippen LogP contribution is 2.18. The summed E-state index contributed by atoms with van der Waals surface area (Å²) in [6.07, 6.45) is -0.620. The maximum atomic E-state index is 11.9. The van der Waals surface area contributed by atoms with Crippen LogP contribution in [0, 0.1) is 0 Å². The topological polar surface area (TPSA) is 89.5 Å². The molecule has 23 heavy (non-hydrogen) atoms. The van der Waals surface area contributed by atoms with E-state index in [0.717, 1.165) is 0 Å². The molecule has 0 aliphatic rings. The fraction of sp³-hybridized carbons (Fsp3) is 0.867. The van der Waals surface area contributed by atoms with Crippen LogP contribution in [0.15, 0.2) is 0 Å². The van der Waals surface area contributed by atoms with Crippen LogP contribution in [0.1, 0.15) is 48.0 Å². The number of hydrogen-bond acceptors (Lipinski definition) is 8. The number of hydrogen-bond donors (Lipinski definition) is 0. The van der Waals surface area contributed by atoms with E-state index in [4.69, 9.17) is 28.4 Å². The van der Waals surface area contributed by atoms with Crippen molar-refractivity contribution in [3.05, 3.63) is 0 Å². The van der Waals surface area contributed by atoms with Crippen LogP contribution in [0.3, 0.4) is 0 Å². The molecule has 0 saturated carbocycles. The average molecular weight is 336 g/mol. The molecule has 0 amide bonds. The van der Waals surface area contributed by atoms with Crippen LogP contribution in [-0.4, -0.2) is 50.3 Å². The van der Waals surface area contributed by atoms with Crippen molar-refractivity contribution in [1.29, 1.82) is 0 Å². The van der Waals surface area contributed by atoms with Crippen molar-refractivity contribution in [2.45, 2.75) is 59.9 Å². The fourth-order valence-electron chi connectivity index (χ4n) is 1.85. The predicted molar refractivity (Wildman–Crippen MR) is 80.1 cm³/mol. The lowest BCUT2D eigenvalue weighted by molar-refractivity contribution is -0.353. The summed E-state index contributed by atoms with van der Waals surface area (Å²) < 4.78 is 31.0. The molecular weight excluding hydrogens is 308 g/mol. The van der Waals surface area contributed by atoms with E-state index in [1.807, 2.05) is 0 Å².